The number of likely N-dealkylation sites (N-methyl/N-ethyl adjacent to an activating group) is 2. The summed E-state index contributed by atoms with van der Waals surface area (Å²) in [6.07, 6.45) is 2.16. The van der Waals surface area contributed by atoms with Crippen LogP contribution in [0.2, 0.25) is 0 Å². The van der Waals surface area contributed by atoms with Crippen molar-refractivity contribution in [2.45, 2.75) is 19.9 Å². The number of hydrogen-bond donors (Lipinski definition) is 0. The van der Waals surface area contributed by atoms with Gasteiger partial charge in [-0.1, -0.05) is 42.0 Å². The first-order chi connectivity index (χ1) is 8.91. The standard InChI is InChI=1S/C16H24N2O/c1-13(11-15-9-7-6-8-10-15)12-18(5)14(2)16(19)17(3)4/h6-11,14H,12H2,1-5H3/b13-11+/t14-/m0/s1. The van der Waals surface area contributed by atoms with E-state index in [4.69, 9.17) is 0 Å². The molecule has 0 heterocycles. The zero-order chi connectivity index (χ0) is 14.4. The van der Waals surface area contributed by atoms with Gasteiger partial charge in [-0.15, -0.1) is 0 Å². The number of hydrogen-bond acceptors (Lipinski definition) is 2. The third-order valence-electron chi connectivity index (χ3n) is 3.17. The summed E-state index contributed by atoms with van der Waals surface area (Å²) < 4.78 is 0. The number of carbonyl (C=O) groups is 1. The van der Waals surface area contributed by atoms with E-state index >= 15 is 0 Å². The van der Waals surface area contributed by atoms with Crippen LogP contribution in [0, 0.1) is 0 Å². The van der Waals surface area contributed by atoms with E-state index in [1.807, 2.05) is 32.2 Å². The van der Waals surface area contributed by atoms with E-state index in [0.717, 1.165) is 6.54 Å². The first kappa shape index (κ1) is 15.4. The molecule has 0 bridgehead atoms. The van der Waals surface area contributed by atoms with Crippen LogP contribution in [0.5, 0.6) is 0 Å². The molecule has 19 heavy (non-hydrogen) atoms. The fourth-order valence-electron chi connectivity index (χ4n) is 1.97. The Bertz CT molecular complexity index is 437. The zero-order valence-electron chi connectivity index (χ0n) is 12.6. The average Bonchev–Trinajstić information content (AvgIpc) is 2.37. The Labute approximate surface area is 116 Å². The molecule has 0 aromatic heterocycles. The van der Waals surface area contributed by atoms with Crippen molar-refractivity contribution in [3.05, 3.63) is 41.5 Å². The van der Waals surface area contributed by atoms with Crippen LogP contribution in [-0.2, 0) is 4.79 Å². The van der Waals surface area contributed by atoms with E-state index in [0.29, 0.717) is 0 Å². The second-order valence-corrected chi connectivity index (χ2v) is 5.23. The van der Waals surface area contributed by atoms with Crippen LogP contribution in [0.25, 0.3) is 6.08 Å². The van der Waals surface area contributed by atoms with E-state index in [-0.39, 0.29) is 11.9 Å². The Kier molecular flexibility index (Phi) is 5.77. The molecule has 0 N–H and O–H groups in total. The molecule has 0 aliphatic rings. The fraction of sp³-hybridized carbons (Fsp3) is 0.438. The highest BCUT2D eigenvalue weighted by molar-refractivity contribution is 5.80. The summed E-state index contributed by atoms with van der Waals surface area (Å²) in [5, 5.41) is 0. The summed E-state index contributed by atoms with van der Waals surface area (Å²) in [4.78, 5) is 15.6. The molecule has 0 aliphatic heterocycles. The van der Waals surface area contributed by atoms with Crippen molar-refractivity contribution in [1.82, 2.24) is 9.80 Å². The van der Waals surface area contributed by atoms with E-state index in [9.17, 15) is 4.79 Å². The Morgan fingerprint density at radius 2 is 1.79 bits per heavy atom. The summed E-state index contributed by atoms with van der Waals surface area (Å²) in [6.45, 7) is 4.82. The maximum absolute atomic E-state index is 11.9. The van der Waals surface area contributed by atoms with Crippen molar-refractivity contribution < 1.29 is 4.79 Å². The summed E-state index contributed by atoms with van der Waals surface area (Å²) in [6, 6.07) is 10.1. The molecule has 1 aromatic carbocycles. The fourth-order valence-corrected chi connectivity index (χ4v) is 1.97. The van der Waals surface area contributed by atoms with E-state index in [1.165, 1.54) is 11.1 Å². The van der Waals surface area contributed by atoms with Gasteiger partial charge in [0, 0.05) is 20.6 Å². The number of benzene rings is 1. The lowest BCUT2D eigenvalue weighted by Crippen LogP contribution is -2.43. The Hall–Kier alpha value is -1.61. The topological polar surface area (TPSA) is 23.6 Å². The predicted octanol–water partition coefficient (Wildman–Crippen LogP) is 2.50. The molecule has 3 nitrogen and oxygen atoms in total. The summed E-state index contributed by atoms with van der Waals surface area (Å²) in [5.41, 5.74) is 2.44. The second-order valence-electron chi connectivity index (χ2n) is 5.23. The monoisotopic (exact) mass is 260 g/mol. The summed E-state index contributed by atoms with van der Waals surface area (Å²) in [5.74, 6) is 0.134. The lowest BCUT2D eigenvalue weighted by Gasteiger charge is -2.26. The first-order valence-corrected chi connectivity index (χ1v) is 6.55. The molecule has 1 rings (SSSR count). The lowest BCUT2D eigenvalue weighted by molar-refractivity contribution is -0.133. The molecule has 0 saturated carbocycles. The van der Waals surface area contributed by atoms with Crippen LogP contribution >= 0.6 is 0 Å². The highest BCUT2D eigenvalue weighted by atomic mass is 16.2. The zero-order valence-corrected chi connectivity index (χ0v) is 12.6. The summed E-state index contributed by atoms with van der Waals surface area (Å²) in [7, 11) is 5.56. The average molecular weight is 260 g/mol. The van der Waals surface area contributed by atoms with Gasteiger partial charge >= 0.3 is 0 Å². The van der Waals surface area contributed by atoms with Crippen LogP contribution in [0.3, 0.4) is 0 Å². The van der Waals surface area contributed by atoms with Crippen LogP contribution in [0.4, 0.5) is 0 Å². The molecule has 1 amide bonds. The minimum absolute atomic E-state index is 0.103. The van der Waals surface area contributed by atoms with Gasteiger partial charge < -0.3 is 4.90 Å². The van der Waals surface area contributed by atoms with E-state index < -0.39 is 0 Å². The Morgan fingerprint density at radius 1 is 1.21 bits per heavy atom. The number of nitrogens with zero attached hydrogens (tertiary/aromatic N) is 2. The minimum atomic E-state index is -0.103. The lowest BCUT2D eigenvalue weighted by atomic mass is 10.1. The molecule has 0 radical (unpaired) electrons. The van der Waals surface area contributed by atoms with Crippen LogP contribution < -0.4 is 0 Å². The van der Waals surface area contributed by atoms with Crippen molar-refractivity contribution in [3.63, 3.8) is 0 Å². The van der Waals surface area contributed by atoms with E-state index in [2.05, 4.69) is 30.0 Å². The van der Waals surface area contributed by atoms with Gasteiger partial charge in [0.05, 0.1) is 6.04 Å². The predicted molar refractivity (Wildman–Crippen MR) is 80.9 cm³/mol. The number of amides is 1. The Morgan fingerprint density at radius 3 is 2.32 bits per heavy atom. The van der Waals surface area contributed by atoms with Crippen molar-refractivity contribution in [2.75, 3.05) is 27.7 Å². The molecule has 3 heteroatoms. The van der Waals surface area contributed by atoms with Crippen molar-refractivity contribution >= 4 is 12.0 Å². The molecule has 0 unspecified atom stereocenters. The van der Waals surface area contributed by atoms with Crippen molar-refractivity contribution in [1.29, 1.82) is 0 Å². The third kappa shape index (κ3) is 4.87. The normalized spacial score (nSPS) is 13.5. The second kappa shape index (κ2) is 7.10. The van der Waals surface area contributed by atoms with Gasteiger partial charge in [0.25, 0.3) is 0 Å². The molecule has 0 spiro atoms. The quantitative estimate of drug-likeness (QED) is 0.812. The maximum atomic E-state index is 11.9. The van der Waals surface area contributed by atoms with Crippen molar-refractivity contribution in [2.24, 2.45) is 0 Å². The first-order valence-electron chi connectivity index (χ1n) is 6.55. The third-order valence-corrected chi connectivity index (χ3v) is 3.17. The van der Waals surface area contributed by atoms with Crippen molar-refractivity contribution in [3.8, 4) is 0 Å². The van der Waals surface area contributed by atoms with Gasteiger partial charge in [-0.25, -0.2) is 0 Å². The van der Waals surface area contributed by atoms with Gasteiger partial charge in [-0.2, -0.15) is 0 Å². The Balaban J connectivity index is 2.64. The smallest absolute Gasteiger partial charge is 0.239 e. The van der Waals surface area contributed by atoms with Gasteiger partial charge in [0.15, 0.2) is 0 Å². The van der Waals surface area contributed by atoms with Gasteiger partial charge in [-0.3, -0.25) is 9.69 Å². The molecule has 0 fully saturated rings. The van der Waals surface area contributed by atoms with Gasteiger partial charge in [-0.05, 0) is 26.5 Å². The number of rotatable bonds is 5. The highest BCUT2D eigenvalue weighted by Crippen LogP contribution is 2.09. The molecule has 1 aromatic rings. The van der Waals surface area contributed by atoms with Crippen LogP contribution in [0.15, 0.2) is 35.9 Å². The maximum Gasteiger partial charge on any atom is 0.239 e. The molecule has 0 saturated heterocycles. The van der Waals surface area contributed by atoms with E-state index in [1.54, 1.807) is 19.0 Å². The molecule has 1 atom stereocenters. The molecular weight excluding hydrogens is 236 g/mol. The largest absolute Gasteiger partial charge is 0.347 e. The molecular formula is C16H24N2O. The highest BCUT2D eigenvalue weighted by Gasteiger charge is 2.19. The van der Waals surface area contributed by atoms with Gasteiger partial charge in [0.2, 0.25) is 5.91 Å². The summed E-state index contributed by atoms with van der Waals surface area (Å²) >= 11 is 0. The molecule has 0 aliphatic carbocycles. The van der Waals surface area contributed by atoms with Crippen LogP contribution in [-0.4, -0.2) is 49.4 Å². The SMILES string of the molecule is C/C(=C\c1ccccc1)CN(C)[C@@H](C)C(=O)N(C)C. The van der Waals surface area contributed by atoms with Crippen LogP contribution in [0.1, 0.15) is 19.4 Å². The van der Waals surface area contributed by atoms with Gasteiger partial charge in [0.1, 0.15) is 0 Å². The minimum Gasteiger partial charge on any atom is -0.347 e. The molecule has 104 valence electrons. The number of carbonyl (C=O) groups excluding carboxylic acids is 1.